The van der Waals surface area contributed by atoms with Gasteiger partial charge in [0.2, 0.25) is 5.09 Å². The summed E-state index contributed by atoms with van der Waals surface area (Å²) in [6.07, 6.45) is 1.79. The Morgan fingerprint density at radius 2 is 2.20 bits per heavy atom. The van der Waals surface area contributed by atoms with Crippen molar-refractivity contribution in [2.45, 2.75) is 30.4 Å². The molecule has 1 fully saturated rings. The second-order valence-corrected chi connectivity index (χ2v) is 7.89. The Hall–Kier alpha value is -1.19. The molecule has 25 heavy (non-hydrogen) atoms. The van der Waals surface area contributed by atoms with Gasteiger partial charge in [-0.25, -0.2) is 17.5 Å². The molecule has 2 heterocycles. The molecular formula is C16H22ClFN2O4S. The predicted octanol–water partition coefficient (Wildman–Crippen LogP) is 2.35. The summed E-state index contributed by atoms with van der Waals surface area (Å²) < 4.78 is 52.0. The smallest absolute Gasteiger partial charge is 0.274 e. The fraction of sp³-hybridized carbons (Fsp3) is 0.500. The lowest BCUT2D eigenvalue weighted by molar-refractivity contribution is 0.122. The van der Waals surface area contributed by atoms with Crippen LogP contribution < -0.4 is 10.0 Å². The second kappa shape index (κ2) is 7.59. The summed E-state index contributed by atoms with van der Waals surface area (Å²) in [4.78, 5) is 0. The van der Waals surface area contributed by atoms with Gasteiger partial charge in [-0.05, 0) is 44.5 Å². The van der Waals surface area contributed by atoms with E-state index in [1.54, 1.807) is 14.0 Å². The number of furan rings is 1. The van der Waals surface area contributed by atoms with Crippen molar-refractivity contribution in [1.29, 1.82) is 0 Å². The van der Waals surface area contributed by atoms with E-state index in [1.165, 1.54) is 18.2 Å². The van der Waals surface area contributed by atoms with Gasteiger partial charge in [0.05, 0.1) is 12.1 Å². The van der Waals surface area contributed by atoms with Gasteiger partial charge in [0.25, 0.3) is 10.0 Å². The number of ether oxygens (including phenoxy) is 1. The molecule has 2 N–H and O–H groups in total. The number of fused-ring (bicyclic) bond motifs is 1. The van der Waals surface area contributed by atoms with Crippen LogP contribution in [0.25, 0.3) is 11.0 Å². The van der Waals surface area contributed by atoms with Gasteiger partial charge in [-0.3, -0.25) is 0 Å². The fourth-order valence-corrected chi connectivity index (χ4v) is 4.51. The largest absolute Gasteiger partial charge is 0.443 e. The molecule has 1 aromatic carbocycles. The van der Waals surface area contributed by atoms with Crippen molar-refractivity contribution in [3.05, 3.63) is 29.6 Å². The van der Waals surface area contributed by atoms with Gasteiger partial charge >= 0.3 is 0 Å². The standard InChI is InChI=1S/C16H21FN2O4S.ClH/c1-11-13-8-12(17)4-5-14(13)23-15(11)24(20,21)19-9-16(10-22-2)6-3-7-18-16;/h4-5,8,18-19H,3,6-7,9-10H2,1-2H3;1H. The zero-order valence-electron chi connectivity index (χ0n) is 14.1. The van der Waals surface area contributed by atoms with Gasteiger partial charge in [0.15, 0.2) is 0 Å². The number of sulfonamides is 1. The van der Waals surface area contributed by atoms with Crippen LogP contribution in [0, 0.1) is 12.7 Å². The minimum atomic E-state index is -3.84. The molecule has 3 rings (SSSR count). The van der Waals surface area contributed by atoms with Crippen LogP contribution in [-0.2, 0) is 14.8 Å². The van der Waals surface area contributed by atoms with E-state index in [0.717, 1.165) is 19.4 Å². The van der Waals surface area contributed by atoms with Gasteiger partial charge in [0, 0.05) is 24.6 Å². The summed E-state index contributed by atoms with van der Waals surface area (Å²) in [7, 11) is -2.25. The van der Waals surface area contributed by atoms with Crippen molar-refractivity contribution in [2.24, 2.45) is 0 Å². The van der Waals surface area contributed by atoms with Crippen molar-refractivity contribution in [1.82, 2.24) is 10.0 Å². The van der Waals surface area contributed by atoms with Gasteiger partial charge in [-0.1, -0.05) is 0 Å². The van der Waals surface area contributed by atoms with Crippen LogP contribution in [0.4, 0.5) is 4.39 Å². The molecule has 1 aliphatic heterocycles. The highest BCUT2D eigenvalue weighted by Crippen LogP contribution is 2.29. The van der Waals surface area contributed by atoms with E-state index in [4.69, 9.17) is 9.15 Å². The van der Waals surface area contributed by atoms with Crippen LogP contribution >= 0.6 is 12.4 Å². The normalized spacial score (nSPS) is 20.8. The van der Waals surface area contributed by atoms with Crippen LogP contribution in [-0.4, -0.2) is 40.8 Å². The third-order valence-corrected chi connectivity index (χ3v) is 5.85. The number of halogens is 2. The molecule has 1 aromatic heterocycles. The van der Waals surface area contributed by atoms with E-state index in [1.807, 2.05) is 0 Å². The Morgan fingerprint density at radius 1 is 1.44 bits per heavy atom. The molecule has 0 aliphatic carbocycles. The molecule has 6 nitrogen and oxygen atoms in total. The van der Waals surface area contributed by atoms with Crippen molar-refractivity contribution >= 4 is 33.4 Å². The Morgan fingerprint density at radius 3 is 2.84 bits per heavy atom. The summed E-state index contributed by atoms with van der Waals surface area (Å²) in [6, 6.07) is 3.95. The van der Waals surface area contributed by atoms with E-state index >= 15 is 0 Å². The summed E-state index contributed by atoms with van der Waals surface area (Å²) in [6.45, 7) is 3.06. The highest BCUT2D eigenvalue weighted by molar-refractivity contribution is 7.89. The lowest BCUT2D eigenvalue weighted by Gasteiger charge is -2.28. The first-order valence-electron chi connectivity index (χ1n) is 7.79. The number of hydrogen-bond acceptors (Lipinski definition) is 5. The van der Waals surface area contributed by atoms with Gasteiger partial charge in [-0.15, -0.1) is 12.4 Å². The molecule has 140 valence electrons. The maximum Gasteiger partial charge on any atom is 0.274 e. The van der Waals surface area contributed by atoms with Crippen LogP contribution in [0.5, 0.6) is 0 Å². The number of nitrogens with one attached hydrogen (secondary N) is 2. The first-order valence-corrected chi connectivity index (χ1v) is 9.27. The van der Waals surface area contributed by atoms with Crippen LogP contribution in [0.3, 0.4) is 0 Å². The molecule has 1 saturated heterocycles. The topological polar surface area (TPSA) is 80.6 Å². The SMILES string of the molecule is COCC1(CNS(=O)(=O)c2oc3ccc(F)cc3c2C)CCCN1.Cl. The molecular weight excluding hydrogens is 371 g/mol. The zero-order valence-corrected chi connectivity index (χ0v) is 15.7. The minimum Gasteiger partial charge on any atom is -0.443 e. The number of methoxy groups -OCH3 is 1. The van der Waals surface area contributed by atoms with E-state index in [2.05, 4.69) is 10.0 Å². The lowest BCUT2D eigenvalue weighted by atomic mass is 9.99. The third kappa shape index (κ3) is 3.98. The molecule has 1 atom stereocenters. The molecule has 9 heteroatoms. The number of aryl methyl sites for hydroxylation is 1. The Bertz CT molecular complexity index is 847. The van der Waals surface area contributed by atoms with E-state index in [9.17, 15) is 12.8 Å². The third-order valence-electron chi connectivity index (χ3n) is 4.45. The van der Waals surface area contributed by atoms with Crippen molar-refractivity contribution in [3.63, 3.8) is 0 Å². The van der Waals surface area contributed by atoms with Gasteiger partial charge in [0.1, 0.15) is 11.4 Å². The minimum absolute atomic E-state index is 0. The van der Waals surface area contributed by atoms with Crippen molar-refractivity contribution in [3.8, 4) is 0 Å². The highest BCUT2D eigenvalue weighted by Gasteiger charge is 2.35. The summed E-state index contributed by atoms with van der Waals surface area (Å²) in [5.74, 6) is -0.433. The van der Waals surface area contributed by atoms with Crippen LogP contribution in [0.2, 0.25) is 0 Å². The second-order valence-electron chi connectivity index (χ2n) is 6.22. The molecule has 0 radical (unpaired) electrons. The molecule has 0 spiro atoms. The maximum atomic E-state index is 13.4. The van der Waals surface area contributed by atoms with Crippen LogP contribution in [0.1, 0.15) is 18.4 Å². The summed E-state index contributed by atoms with van der Waals surface area (Å²) in [5.41, 5.74) is 0.338. The van der Waals surface area contributed by atoms with E-state index < -0.39 is 21.4 Å². The van der Waals surface area contributed by atoms with Crippen molar-refractivity contribution < 1.29 is 22.0 Å². The van der Waals surface area contributed by atoms with E-state index in [0.29, 0.717) is 23.1 Å². The first kappa shape index (κ1) is 20.1. The quantitative estimate of drug-likeness (QED) is 0.788. The predicted molar refractivity (Wildman–Crippen MR) is 95.2 cm³/mol. The lowest BCUT2D eigenvalue weighted by Crippen LogP contribution is -2.52. The summed E-state index contributed by atoms with van der Waals surface area (Å²) >= 11 is 0. The number of benzene rings is 1. The fourth-order valence-electron chi connectivity index (χ4n) is 3.20. The average Bonchev–Trinajstić information content (AvgIpc) is 3.12. The number of hydrogen-bond donors (Lipinski definition) is 2. The van der Waals surface area contributed by atoms with E-state index in [-0.39, 0.29) is 24.0 Å². The Balaban J connectivity index is 0.00000225. The molecule has 0 saturated carbocycles. The summed E-state index contributed by atoms with van der Waals surface area (Å²) in [5, 5.41) is 3.60. The first-order chi connectivity index (χ1) is 11.4. The van der Waals surface area contributed by atoms with Crippen molar-refractivity contribution in [2.75, 3.05) is 26.8 Å². The molecule has 2 aromatic rings. The molecule has 0 amide bonds. The number of rotatable bonds is 6. The van der Waals surface area contributed by atoms with Crippen LogP contribution in [0.15, 0.2) is 27.7 Å². The molecule has 1 unspecified atom stereocenters. The zero-order chi connectivity index (χ0) is 17.4. The average molecular weight is 393 g/mol. The monoisotopic (exact) mass is 392 g/mol. The highest BCUT2D eigenvalue weighted by atomic mass is 35.5. The molecule has 0 bridgehead atoms. The maximum absolute atomic E-state index is 13.4. The Labute approximate surface area is 152 Å². The Kier molecular flexibility index (Phi) is 6.11. The molecule has 1 aliphatic rings. The van der Waals surface area contributed by atoms with Gasteiger partial charge in [-0.2, -0.15) is 0 Å². The van der Waals surface area contributed by atoms with Gasteiger partial charge < -0.3 is 14.5 Å².